The van der Waals surface area contributed by atoms with Crippen LogP contribution in [0.3, 0.4) is 0 Å². The van der Waals surface area contributed by atoms with E-state index in [2.05, 4.69) is 0 Å². The molecular formula is C16H17FO4. The lowest BCUT2D eigenvalue weighted by Crippen LogP contribution is -2.00. The molecule has 0 aliphatic carbocycles. The van der Waals surface area contributed by atoms with Gasteiger partial charge in [-0.1, -0.05) is 18.2 Å². The molecule has 2 N–H and O–H groups in total. The highest BCUT2D eigenvalue weighted by Crippen LogP contribution is 2.37. The number of para-hydroxylation sites is 1. The van der Waals surface area contributed by atoms with E-state index in [0.717, 1.165) is 0 Å². The lowest BCUT2D eigenvalue weighted by atomic mass is 10.1. The third-order valence-electron chi connectivity index (χ3n) is 3.07. The summed E-state index contributed by atoms with van der Waals surface area (Å²) in [5.41, 5.74) is 1.01. The van der Waals surface area contributed by atoms with Crippen LogP contribution in [0.1, 0.15) is 24.2 Å². The molecule has 21 heavy (non-hydrogen) atoms. The zero-order valence-corrected chi connectivity index (χ0v) is 11.8. The van der Waals surface area contributed by atoms with Crippen molar-refractivity contribution in [3.63, 3.8) is 0 Å². The Hall–Kier alpha value is -2.11. The van der Waals surface area contributed by atoms with Gasteiger partial charge in [0.1, 0.15) is 0 Å². The van der Waals surface area contributed by atoms with Crippen LogP contribution < -0.4 is 9.47 Å². The van der Waals surface area contributed by atoms with E-state index in [0.29, 0.717) is 22.6 Å². The number of rotatable bonds is 5. The third kappa shape index (κ3) is 3.32. The van der Waals surface area contributed by atoms with Gasteiger partial charge in [-0.3, -0.25) is 0 Å². The first kappa shape index (κ1) is 15.3. The van der Waals surface area contributed by atoms with Gasteiger partial charge in [0.15, 0.2) is 23.1 Å². The van der Waals surface area contributed by atoms with E-state index in [1.54, 1.807) is 24.3 Å². The number of hydrogen-bond acceptors (Lipinski definition) is 4. The monoisotopic (exact) mass is 292 g/mol. The quantitative estimate of drug-likeness (QED) is 0.888. The summed E-state index contributed by atoms with van der Waals surface area (Å²) in [6.07, 6.45) is -0.863. The van der Waals surface area contributed by atoms with Crippen LogP contribution in [0, 0.1) is 5.82 Å². The topological polar surface area (TPSA) is 58.9 Å². The van der Waals surface area contributed by atoms with E-state index in [-0.39, 0.29) is 12.4 Å². The molecule has 2 rings (SSSR count). The van der Waals surface area contributed by atoms with Crippen LogP contribution in [0.15, 0.2) is 36.4 Å². The van der Waals surface area contributed by atoms with Gasteiger partial charge in [-0.25, -0.2) is 4.39 Å². The van der Waals surface area contributed by atoms with Gasteiger partial charge >= 0.3 is 0 Å². The zero-order valence-electron chi connectivity index (χ0n) is 11.8. The molecule has 2 aromatic rings. The van der Waals surface area contributed by atoms with Crippen LogP contribution >= 0.6 is 0 Å². The summed E-state index contributed by atoms with van der Waals surface area (Å²) in [6.45, 7) is 1.41. The van der Waals surface area contributed by atoms with Gasteiger partial charge in [-0.05, 0) is 30.7 Å². The number of aliphatic hydroxyl groups is 2. The molecular weight excluding hydrogens is 275 g/mol. The molecule has 112 valence electrons. The number of halogens is 1. The number of methoxy groups -OCH3 is 1. The number of benzene rings is 2. The standard InChI is InChI=1S/C16H17FO4/c1-10(19)12-4-3-5-13(17)16(12)21-14-7-6-11(9-18)8-15(14)20-2/h3-8,10,18-19H,9H2,1-2H3/t10-/m1/s1. The van der Waals surface area contributed by atoms with Crippen LogP contribution in [0.2, 0.25) is 0 Å². The molecule has 1 atom stereocenters. The van der Waals surface area contributed by atoms with Gasteiger partial charge in [-0.2, -0.15) is 0 Å². The van der Waals surface area contributed by atoms with E-state index in [9.17, 15) is 9.50 Å². The molecule has 0 fully saturated rings. The van der Waals surface area contributed by atoms with Gasteiger partial charge in [0.2, 0.25) is 0 Å². The van der Waals surface area contributed by atoms with Crippen LogP contribution in [0.25, 0.3) is 0 Å². The van der Waals surface area contributed by atoms with Crippen LogP contribution in [-0.4, -0.2) is 17.3 Å². The fourth-order valence-electron chi connectivity index (χ4n) is 1.97. The molecule has 0 aliphatic heterocycles. The first-order chi connectivity index (χ1) is 10.1. The first-order valence-electron chi connectivity index (χ1n) is 6.49. The molecule has 0 saturated carbocycles. The Morgan fingerprint density at radius 2 is 1.95 bits per heavy atom. The fourth-order valence-corrected chi connectivity index (χ4v) is 1.97. The second-order valence-electron chi connectivity index (χ2n) is 4.58. The minimum atomic E-state index is -0.863. The molecule has 0 aromatic heterocycles. The Labute approximate surface area is 122 Å². The van der Waals surface area contributed by atoms with Crippen LogP contribution in [-0.2, 0) is 6.61 Å². The molecule has 0 bridgehead atoms. The number of ether oxygens (including phenoxy) is 2. The average molecular weight is 292 g/mol. The summed E-state index contributed by atoms with van der Waals surface area (Å²) >= 11 is 0. The van der Waals surface area contributed by atoms with E-state index in [1.165, 1.54) is 26.2 Å². The fraction of sp³-hybridized carbons (Fsp3) is 0.250. The van der Waals surface area contributed by atoms with Crippen LogP contribution in [0.4, 0.5) is 4.39 Å². The molecule has 0 aliphatic rings. The van der Waals surface area contributed by atoms with Gasteiger partial charge in [0.25, 0.3) is 0 Å². The van der Waals surface area contributed by atoms with E-state index >= 15 is 0 Å². The molecule has 0 radical (unpaired) electrons. The zero-order chi connectivity index (χ0) is 15.4. The lowest BCUT2D eigenvalue weighted by Gasteiger charge is -2.16. The molecule has 0 heterocycles. The predicted molar refractivity (Wildman–Crippen MR) is 76.0 cm³/mol. The molecule has 0 saturated heterocycles. The average Bonchev–Trinajstić information content (AvgIpc) is 2.49. The normalized spacial score (nSPS) is 12.0. The smallest absolute Gasteiger partial charge is 0.169 e. The van der Waals surface area contributed by atoms with Crippen molar-refractivity contribution in [3.8, 4) is 17.2 Å². The molecule has 5 heteroatoms. The molecule has 0 unspecified atom stereocenters. The van der Waals surface area contributed by atoms with Crippen molar-refractivity contribution in [2.45, 2.75) is 19.6 Å². The minimum Gasteiger partial charge on any atom is -0.493 e. The van der Waals surface area contributed by atoms with Crippen molar-refractivity contribution in [1.29, 1.82) is 0 Å². The predicted octanol–water partition coefficient (Wildman–Crippen LogP) is 3.17. The SMILES string of the molecule is COc1cc(CO)ccc1Oc1c(F)cccc1[C@@H](C)O. The van der Waals surface area contributed by atoms with Crippen molar-refractivity contribution >= 4 is 0 Å². The Morgan fingerprint density at radius 3 is 2.57 bits per heavy atom. The highest BCUT2D eigenvalue weighted by molar-refractivity contribution is 5.47. The van der Waals surface area contributed by atoms with Gasteiger partial charge in [0.05, 0.1) is 19.8 Å². The van der Waals surface area contributed by atoms with Crippen molar-refractivity contribution in [3.05, 3.63) is 53.3 Å². The van der Waals surface area contributed by atoms with Gasteiger partial charge < -0.3 is 19.7 Å². The number of hydrogen-bond donors (Lipinski definition) is 2. The minimum absolute atomic E-state index is 0.0393. The van der Waals surface area contributed by atoms with Crippen molar-refractivity contribution in [1.82, 2.24) is 0 Å². The lowest BCUT2D eigenvalue weighted by molar-refractivity contribution is 0.194. The molecule has 4 nitrogen and oxygen atoms in total. The van der Waals surface area contributed by atoms with Crippen LogP contribution in [0.5, 0.6) is 17.2 Å². The van der Waals surface area contributed by atoms with Gasteiger partial charge in [-0.15, -0.1) is 0 Å². The van der Waals surface area contributed by atoms with Crippen molar-refractivity contribution in [2.75, 3.05) is 7.11 Å². The summed E-state index contributed by atoms with van der Waals surface area (Å²) in [4.78, 5) is 0. The Kier molecular flexibility index (Phi) is 4.77. The van der Waals surface area contributed by atoms with Crippen molar-refractivity contribution < 1.29 is 24.1 Å². The third-order valence-corrected chi connectivity index (χ3v) is 3.07. The summed E-state index contributed by atoms with van der Waals surface area (Å²) in [6, 6.07) is 9.21. The summed E-state index contributed by atoms with van der Waals surface area (Å²) in [5, 5.41) is 18.8. The maximum Gasteiger partial charge on any atom is 0.169 e. The highest BCUT2D eigenvalue weighted by Gasteiger charge is 2.16. The molecule has 0 amide bonds. The second-order valence-corrected chi connectivity index (χ2v) is 4.58. The highest BCUT2D eigenvalue weighted by atomic mass is 19.1. The maximum absolute atomic E-state index is 14.0. The van der Waals surface area contributed by atoms with Crippen molar-refractivity contribution in [2.24, 2.45) is 0 Å². The maximum atomic E-state index is 14.0. The number of aliphatic hydroxyl groups excluding tert-OH is 2. The summed E-state index contributed by atoms with van der Waals surface area (Å²) < 4.78 is 24.7. The Bertz CT molecular complexity index is 626. The molecule has 0 spiro atoms. The molecule has 2 aromatic carbocycles. The Balaban J connectivity index is 2.43. The summed E-state index contributed by atoms with van der Waals surface area (Å²) in [7, 11) is 1.46. The van der Waals surface area contributed by atoms with E-state index in [4.69, 9.17) is 14.6 Å². The van der Waals surface area contributed by atoms with E-state index < -0.39 is 11.9 Å². The first-order valence-corrected chi connectivity index (χ1v) is 6.49. The summed E-state index contributed by atoms with van der Waals surface area (Å²) in [5.74, 6) is 0.0762. The van der Waals surface area contributed by atoms with E-state index in [1.807, 2.05) is 0 Å². The van der Waals surface area contributed by atoms with Gasteiger partial charge in [0, 0.05) is 5.56 Å². The second kappa shape index (κ2) is 6.56. The largest absolute Gasteiger partial charge is 0.493 e. The Morgan fingerprint density at radius 1 is 1.19 bits per heavy atom.